The first-order chi connectivity index (χ1) is 14.5. The number of rotatable bonds is 6. The topological polar surface area (TPSA) is 75.1 Å². The van der Waals surface area contributed by atoms with Crippen molar-refractivity contribution in [1.29, 1.82) is 0 Å². The molecule has 3 rings (SSSR count). The highest BCUT2D eigenvalue weighted by atomic mass is 35.5. The van der Waals surface area contributed by atoms with E-state index in [4.69, 9.17) is 28.7 Å². The summed E-state index contributed by atoms with van der Waals surface area (Å²) in [5.74, 6) is -0.705. The Hall–Kier alpha value is -2.89. The van der Waals surface area contributed by atoms with Crippen molar-refractivity contribution in [2.75, 3.05) is 7.11 Å². The molecule has 0 spiro atoms. The van der Waals surface area contributed by atoms with Crippen molar-refractivity contribution < 1.29 is 9.53 Å². The van der Waals surface area contributed by atoms with Crippen LogP contribution in [0.1, 0.15) is 5.56 Å². The van der Waals surface area contributed by atoms with Crippen LogP contribution in [0.25, 0.3) is 27.6 Å². The molecule has 3 aromatic rings. The molecule has 0 radical (unpaired) electrons. The number of hydrogen-bond acceptors (Lipinski definition) is 4. The fourth-order valence-electron chi connectivity index (χ4n) is 2.68. The largest absolute Gasteiger partial charge is 0.466 e. The summed E-state index contributed by atoms with van der Waals surface area (Å²) in [5.41, 5.74) is 11.2. The van der Waals surface area contributed by atoms with E-state index in [0.29, 0.717) is 15.6 Å². The minimum absolute atomic E-state index is 0.121. The third kappa shape index (κ3) is 5.38. The monoisotopic (exact) mass is 455 g/mol. The molecule has 0 aliphatic carbocycles. The second-order valence-corrected chi connectivity index (χ2v) is 7.94. The van der Waals surface area contributed by atoms with Gasteiger partial charge in [0.25, 0.3) is 0 Å². The maximum Gasteiger partial charge on any atom is 0.340 e. The summed E-state index contributed by atoms with van der Waals surface area (Å²) in [6.07, 6.45) is 1.49. The van der Waals surface area contributed by atoms with Crippen LogP contribution in [0, 0.1) is 0 Å². The van der Waals surface area contributed by atoms with Gasteiger partial charge in [0.05, 0.1) is 17.2 Å². The third-order valence-corrected chi connectivity index (χ3v) is 5.86. The van der Waals surface area contributed by atoms with Gasteiger partial charge >= 0.3 is 5.97 Å². The lowest BCUT2D eigenvalue weighted by molar-refractivity contribution is -0.136. The fraction of sp³-hybridized carbons (Fsp3) is 0.0455. The van der Waals surface area contributed by atoms with Crippen molar-refractivity contribution in [2.24, 2.45) is 5.11 Å². The van der Waals surface area contributed by atoms with Crippen molar-refractivity contribution in [3.8, 4) is 11.1 Å². The van der Waals surface area contributed by atoms with Crippen LogP contribution in [-0.2, 0) is 9.53 Å². The van der Waals surface area contributed by atoms with E-state index >= 15 is 0 Å². The van der Waals surface area contributed by atoms with E-state index in [1.54, 1.807) is 17.8 Å². The number of halogens is 2. The van der Waals surface area contributed by atoms with Crippen LogP contribution in [0.2, 0.25) is 10.0 Å². The molecule has 30 heavy (non-hydrogen) atoms. The van der Waals surface area contributed by atoms with E-state index in [-0.39, 0.29) is 5.70 Å². The van der Waals surface area contributed by atoms with Gasteiger partial charge in [0, 0.05) is 14.7 Å². The van der Waals surface area contributed by atoms with E-state index in [9.17, 15) is 4.79 Å². The first kappa shape index (κ1) is 21.8. The Kier molecular flexibility index (Phi) is 7.44. The van der Waals surface area contributed by atoms with Crippen molar-refractivity contribution in [1.82, 2.24) is 0 Å². The minimum atomic E-state index is -0.705. The Bertz CT molecular complexity index is 1160. The van der Waals surface area contributed by atoms with Crippen LogP contribution in [0.4, 0.5) is 0 Å². The quantitative estimate of drug-likeness (QED) is 0.126. The number of methoxy groups -OCH3 is 1. The van der Waals surface area contributed by atoms with E-state index in [0.717, 1.165) is 20.9 Å². The van der Waals surface area contributed by atoms with Gasteiger partial charge in [0.1, 0.15) is 5.70 Å². The molecule has 5 nitrogen and oxygen atoms in total. The summed E-state index contributed by atoms with van der Waals surface area (Å²) in [6.45, 7) is 0. The van der Waals surface area contributed by atoms with Gasteiger partial charge in [-0.3, -0.25) is 0 Å². The molecule has 0 heterocycles. The molecule has 0 fully saturated rings. The second-order valence-electron chi connectivity index (χ2n) is 6.01. The summed E-state index contributed by atoms with van der Waals surface area (Å²) in [4.78, 5) is 16.5. The number of esters is 1. The maximum atomic E-state index is 11.8. The van der Waals surface area contributed by atoms with E-state index in [1.807, 2.05) is 60.7 Å². The zero-order chi connectivity index (χ0) is 21.5. The lowest BCUT2D eigenvalue weighted by Gasteiger charge is -2.12. The summed E-state index contributed by atoms with van der Waals surface area (Å²) in [7, 11) is 1.23. The average Bonchev–Trinajstić information content (AvgIpc) is 2.77. The van der Waals surface area contributed by atoms with Crippen LogP contribution in [0.5, 0.6) is 0 Å². The van der Waals surface area contributed by atoms with E-state index < -0.39 is 5.97 Å². The molecule has 150 valence electrons. The average molecular weight is 456 g/mol. The van der Waals surface area contributed by atoms with Gasteiger partial charge in [0.15, 0.2) is 0 Å². The van der Waals surface area contributed by atoms with Gasteiger partial charge < -0.3 is 4.74 Å². The summed E-state index contributed by atoms with van der Waals surface area (Å²) in [6, 6.07) is 21.0. The Morgan fingerprint density at radius 1 is 1.07 bits per heavy atom. The summed E-state index contributed by atoms with van der Waals surface area (Å²) in [5, 5.41) is 4.42. The van der Waals surface area contributed by atoms with Crippen LogP contribution >= 0.6 is 35.0 Å². The van der Waals surface area contributed by atoms with Gasteiger partial charge in [-0.25, -0.2) is 4.79 Å². The zero-order valence-corrected chi connectivity index (χ0v) is 18.1. The molecule has 0 unspecified atom stereocenters. The number of hydrogen-bond donors (Lipinski definition) is 0. The van der Waals surface area contributed by atoms with Crippen molar-refractivity contribution in [2.45, 2.75) is 9.79 Å². The molecular weight excluding hydrogens is 441 g/mol. The molecule has 8 heteroatoms. The highest BCUT2D eigenvalue weighted by Crippen LogP contribution is 2.38. The van der Waals surface area contributed by atoms with E-state index in [1.165, 1.54) is 13.2 Å². The summed E-state index contributed by atoms with van der Waals surface area (Å²) < 4.78 is 4.68. The van der Waals surface area contributed by atoms with Crippen molar-refractivity contribution >= 4 is 47.0 Å². The number of nitrogens with zero attached hydrogens (tertiary/aromatic N) is 3. The summed E-state index contributed by atoms with van der Waals surface area (Å²) >= 11 is 13.7. The van der Waals surface area contributed by atoms with Crippen molar-refractivity contribution in [3.63, 3.8) is 0 Å². The third-order valence-electron chi connectivity index (χ3n) is 4.06. The molecule has 3 aromatic carbocycles. The molecule has 0 saturated carbocycles. The number of benzene rings is 3. The smallest absolute Gasteiger partial charge is 0.340 e. The van der Waals surface area contributed by atoms with Gasteiger partial charge in [0.2, 0.25) is 0 Å². The molecule has 0 amide bonds. The van der Waals surface area contributed by atoms with Gasteiger partial charge in [-0.1, -0.05) is 76.5 Å². The van der Waals surface area contributed by atoms with Gasteiger partial charge in [-0.05, 0) is 58.6 Å². The first-order valence-electron chi connectivity index (χ1n) is 8.69. The van der Waals surface area contributed by atoms with Crippen LogP contribution in [0.15, 0.2) is 87.3 Å². The molecule has 0 bridgehead atoms. The van der Waals surface area contributed by atoms with Gasteiger partial charge in [-0.15, -0.1) is 0 Å². The standard InChI is InChI=1S/C22H15Cl2N3O2S/c1-29-22(28)20(26-27-25)12-14-7-10-21(17(11-14)15-5-3-2-4-6-15)30-16-8-9-18(23)19(24)13-16/h2-13H,1H3/b20-12+. The molecular formula is C22H15Cl2N3O2S. The molecule has 0 atom stereocenters. The predicted molar refractivity (Wildman–Crippen MR) is 122 cm³/mol. The minimum Gasteiger partial charge on any atom is -0.466 e. The highest BCUT2D eigenvalue weighted by Gasteiger charge is 2.12. The molecule has 0 aliphatic rings. The Labute approximate surface area is 187 Å². The van der Waals surface area contributed by atoms with Crippen LogP contribution in [-0.4, -0.2) is 13.1 Å². The Morgan fingerprint density at radius 3 is 2.50 bits per heavy atom. The Morgan fingerprint density at radius 2 is 1.83 bits per heavy atom. The number of carbonyl (C=O) groups excluding carboxylic acids is 1. The van der Waals surface area contributed by atoms with Crippen LogP contribution in [0.3, 0.4) is 0 Å². The fourth-order valence-corrected chi connectivity index (χ4v) is 4.03. The molecule has 0 N–H and O–H groups in total. The molecule has 0 aromatic heterocycles. The zero-order valence-electron chi connectivity index (χ0n) is 15.8. The SMILES string of the molecule is COC(=O)/C(=C\c1ccc(Sc2ccc(Cl)c(Cl)c2)c(-c2ccccc2)c1)N=[N+]=[N-]. The number of carbonyl (C=O) groups is 1. The van der Waals surface area contributed by atoms with Crippen molar-refractivity contribution in [3.05, 3.63) is 98.5 Å². The number of ether oxygens (including phenoxy) is 1. The van der Waals surface area contributed by atoms with E-state index in [2.05, 4.69) is 14.8 Å². The lowest BCUT2D eigenvalue weighted by atomic mass is 10.0. The molecule has 0 saturated heterocycles. The lowest BCUT2D eigenvalue weighted by Crippen LogP contribution is -2.01. The van der Waals surface area contributed by atoms with Gasteiger partial charge in [-0.2, -0.15) is 0 Å². The predicted octanol–water partition coefficient (Wildman–Crippen LogP) is 7.64. The number of azide groups is 1. The highest BCUT2D eigenvalue weighted by molar-refractivity contribution is 7.99. The molecule has 0 aliphatic heterocycles. The maximum absolute atomic E-state index is 11.8. The first-order valence-corrected chi connectivity index (χ1v) is 10.3. The van der Waals surface area contributed by atoms with Crippen LogP contribution < -0.4 is 0 Å². The normalized spacial score (nSPS) is 11.0. The second kappa shape index (κ2) is 10.2. The Balaban J connectivity index is 2.08.